The smallest absolute Gasteiger partial charge is 0.241 e. The van der Waals surface area contributed by atoms with Gasteiger partial charge in [-0.15, -0.1) is 0 Å². The van der Waals surface area contributed by atoms with Gasteiger partial charge in [0.2, 0.25) is 5.91 Å². The minimum Gasteiger partial charge on any atom is -0.493 e. The maximum atomic E-state index is 12.3. The van der Waals surface area contributed by atoms with E-state index < -0.39 is 0 Å². The molecule has 0 saturated carbocycles. The molecular formula is C24H23N3O2. The minimum atomic E-state index is -0.128. The number of hydrogen-bond donors (Lipinski definition) is 1. The van der Waals surface area contributed by atoms with Gasteiger partial charge < -0.3 is 9.30 Å². The van der Waals surface area contributed by atoms with Crippen molar-refractivity contribution < 1.29 is 9.53 Å². The summed E-state index contributed by atoms with van der Waals surface area (Å²) in [5.74, 6) is 0.621. The summed E-state index contributed by atoms with van der Waals surface area (Å²) < 4.78 is 7.76. The van der Waals surface area contributed by atoms with Gasteiger partial charge in [0.25, 0.3) is 0 Å². The number of para-hydroxylation sites is 3. The molecule has 5 heteroatoms. The van der Waals surface area contributed by atoms with Gasteiger partial charge in [-0.2, -0.15) is 5.10 Å². The zero-order valence-corrected chi connectivity index (χ0v) is 16.3. The molecule has 0 unspecified atom stereocenters. The summed E-state index contributed by atoms with van der Waals surface area (Å²) in [7, 11) is 0. The largest absolute Gasteiger partial charge is 0.493 e. The lowest BCUT2D eigenvalue weighted by atomic mass is 10.2. The van der Waals surface area contributed by atoms with Gasteiger partial charge in [0.15, 0.2) is 0 Å². The predicted molar refractivity (Wildman–Crippen MR) is 117 cm³/mol. The van der Waals surface area contributed by atoms with Crippen LogP contribution in [0.4, 0.5) is 0 Å². The number of carbonyl (C=O) groups excluding carboxylic acids is 1. The summed E-state index contributed by atoms with van der Waals surface area (Å²) in [4.78, 5) is 12.3. The minimum absolute atomic E-state index is 0.128. The van der Waals surface area contributed by atoms with Crippen molar-refractivity contribution in [1.82, 2.24) is 9.99 Å². The van der Waals surface area contributed by atoms with E-state index in [2.05, 4.69) is 39.4 Å². The van der Waals surface area contributed by atoms with Crippen molar-refractivity contribution in [3.8, 4) is 5.75 Å². The highest BCUT2D eigenvalue weighted by Gasteiger charge is 2.10. The quantitative estimate of drug-likeness (QED) is 0.369. The first kappa shape index (κ1) is 18.7. The number of ether oxygens (including phenoxy) is 1. The molecule has 0 atom stereocenters. The Morgan fingerprint density at radius 3 is 2.28 bits per heavy atom. The van der Waals surface area contributed by atoms with E-state index in [0.717, 1.165) is 22.3 Å². The summed E-state index contributed by atoms with van der Waals surface area (Å²) in [5.41, 5.74) is 5.72. The molecule has 1 aromatic heterocycles. The third kappa shape index (κ3) is 3.99. The normalized spacial score (nSPS) is 11.3. The molecule has 0 spiro atoms. The lowest BCUT2D eigenvalue weighted by Gasteiger charge is -2.07. The van der Waals surface area contributed by atoms with Crippen LogP contribution in [0.1, 0.15) is 18.9 Å². The Morgan fingerprint density at radius 2 is 1.59 bits per heavy atom. The second kappa shape index (κ2) is 8.61. The first-order valence-corrected chi connectivity index (χ1v) is 9.77. The fourth-order valence-electron chi connectivity index (χ4n) is 3.56. The van der Waals surface area contributed by atoms with Crippen molar-refractivity contribution in [2.75, 3.05) is 6.61 Å². The number of rotatable bonds is 7. The molecule has 0 fully saturated rings. The predicted octanol–water partition coefficient (Wildman–Crippen LogP) is 4.73. The molecule has 0 aliphatic heterocycles. The van der Waals surface area contributed by atoms with E-state index in [1.54, 1.807) is 6.21 Å². The second-order valence-corrected chi connectivity index (χ2v) is 6.70. The summed E-state index contributed by atoms with van der Waals surface area (Å²) in [5, 5.41) is 6.50. The van der Waals surface area contributed by atoms with Crippen LogP contribution in [-0.4, -0.2) is 23.3 Å². The summed E-state index contributed by atoms with van der Waals surface area (Å²) >= 11 is 0. The number of nitrogens with one attached hydrogen (secondary N) is 1. The van der Waals surface area contributed by atoms with Gasteiger partial charge in [-0.25, -0.2) is 5.43 Å². The van der Waals surface area contributed by atoms with Gasteiger partial charge in [-0.1, -0.05) is 48.5 Å². The lowest BCUT2D eigenvalue weighted by molar-refractivity contribution is -0.121. The van der Waals surface area contributed by atoms with Crippen LogP contribution in [-0.2, 0) is 11.3 Å². The zero-order valence-electron chi connectivity index (χ0n) is 16.3. The van der Waals surface area contributed by atoms with Gasteiger partial charge >= 0.3 is 0 Å². The third-order valence-corrected chi connectivity index (χ3v) is 4.85. The monoisotopic (exact) mass is 385 g/mol. The Balaban J connectivity index is 1.45. The summed E-state index contributed by atoms with van der Waals surface area (Å²) in [6, 6.07) is 24.2. The fourth-order valence-corrected chi connectivity index (χ4v) is 3.56. The lowest BCUT2D eigenvalue weighted by Crippen LogP contribution is -2.19. The molecule has 29 heavy (non-hydrogen) atoms. The number of nitrogens with zero attached hydrogens (tertiary/aromatic N) is 2. The van der Waals surface area contributed by atoms with Crippen molar-refractivity contribution in [3.05, 3.63) is 78.4 Å². The number of hydrogen-bond acceptors (Lipinski definition) is 3. The van der Waals surface area contributed by atoms with Crippen molar-refractivity contribution in [2.24, 2.45) is 5.10 Å². The van der Waals surface area contributed by atoms with E-state index in [1.807, 2.05) is 55.5 Å². The average molecular weight is 385 g/mol. The molecular weight excluding hydrogens is 362 g/mol. The highest BCUT2D eigenvalue weighted by Crippen LogP contribution is 2.28. The molecule has 1 N–H and O–H groups in total. The first-order chi connectivity index (χ1) is 14.3. The maximum Gasteiger partial charge on any atom is 0.241 e. The molecule has 5 nitrogen and oxygen atoms in total. The van der Waals surface area contributed by atoms with Crippen molar-refractivity contribution in [1.29, 1.82) is 0 Å². The van der Waals surface area contributed by atoms with Crippen LogP contribution < -0.4 is 10.2 Å². The Hall–Kier alpha value is -3.60. The van der Waals surface area contributed by atoms with E-state index in [1.165, 1.54) is 10.8 Å². The second-order valence-electron chi connectivity index (χ2n) is 6.70. The Morgan fingerprint density at radius 1 is 0.966 bits per heavy atom. The molecule has 1 amide bonds. The highest BCUT2D eigenvalue weighted by atomic mass is 16.5. The molecule has 146 valence electrons. The van der Waals surface area contributed by atoms with Crippen molar-refractivity contribution in [3.63, 3.8) is 0 Å². The average Bonchev–Trinajstić information content (AvgIpc) is 3.07. The summed E-state index contributed by atoms with van der Waals surface area (Å²) in [6.07, 6.45) is 1.95. The molecule has 4 aromatic rings. The fraction of sp³-hybridized carbons (Fsp3) is 0.167. The number of benzene rings is 3. The number of amides is 1. The van der Waals surface area contributed by atoms with Gasteiger partial charge in [-0.3, -0.25) is 4.79 Å². The molecule has 0 aliphatic rings. The van der Waals surface area contributed by atoms with Crippen LogP contribution in [0.15, 0.2) is 77.9 Å². The molecule has 0 bridgehead atoms. The van der Waals surface area contributed by atoms with E-state index in [9.17, 15) is 4.79 Å². The number of aromatic nitrogens is 1. The Kier molecular flexibility index (Phi) is 5.56. The third-order valence-electron chi connectivity index (χ3n) is 4.85. The Bertz CT molecular complexity index is 1120. The number of hydrazone groups is 1. The first-order valence-electron chi connectivity index (χ1n) is 9.77. The number of carbonyl (C=O) groups is 1. The van der Waals surface area contributed by atoms with E-state index in [-0.39, 0.29) is 5.91 Å². The maximum absolute atomic E-state index is 12.3. The molecule has 1 heterocycles. The van der Waals surface area contributed by atoms with Crippen molar-refractivity contribution >= 4 is 33.9 Å². The zero-order chi connectivity index (χ0) is 20.1. The van der Waals surface area contributed by atoms with Crippen LogP contribution >= 0.6 is 0 Å². The number of fused-ring (bicyclic) bond motifs is 3. The van der Waals surface area contributed by atoms with Crippen LogP contribution in [0.3, 0.4) is 0 Å². The van der Waals surface area contributed by atoms with Gasteiger partial charge in [0.1, 0.15) is 5.75 Å². The van der Waals surface area contributed by atoms with Crippen LogP contribution in [0, 0.1) is 0 Å². The SMILES string of the molecule is CCOc1ccccc1/C=N/NC(=O)CCn1c2ccccc2c2ccccc21. The van der Waals surface area contributed by atoms with E-state index >= 15 is 0 Å². The summed E-state index contributed by atoms with van der Waals surface area (Å²) in [6.45, 7) is 3.10. The molecule has 3 aromatic carbocycles. The van der Waals surface area contributed by atoms with Gasteiger partial charge in [0, 0.05) is 40.3 Å². The van der Waals surface area contributed by atoms with E-state index in [0.29, 0.717) is 19.6 Å². The van der Waals surface area contributed by atoms with E-state index in [4.69, 9.17) is 4.74 Å². The van der Waals surface area contributed by atoms with Gasteiger partial charge in [-0.05, 0) is 31.2 Å². The molecule has 0 radical (unpaired) electrons. The van der Waals surface area contributed by atoms with Crippen LogP contribution in [0.25, 0.3) is 21.8 Å². The van der Waals surface area contributed by atoms with Crippen LogP contribution in [0.5, 0.6) is 5.75 Å². The molecule has 0 aliphatic carbocycles. The topological polar surface area (TPSA) is 55.6 Å². The van der Waals surface area contributed by atoms with Crippen molar-refractivity contribution in [2.45, 2.75) is 19.9 Å². The standard InChI is InChI=1S/C24H23N3O2/c1-2-29-23-14-8-3-9-18(23)17-25-26-24(28)15-16-27-21-12-6-4-10-19(21)20-11-5-7-13-22(20)27/h3-14,17H,2,15-16H2,1H3,(H,26,28)/b25-17+. The molecule has 0 saturated heterocycles. The van der Waals surface area contributed by atoms with Crippen LogP contribution in [0.2, 0.25) is 0 Å². The van der Waals surface area contributed by atoms with Gasteiger partial charge in [0.05, 0.1) is 12.8 Å². The Labute approximate surface area is 169 Å². The number of aryl methyl sites for hydroxylation is 1. The highest BCUT2D eigenvalue weighted by molar-refractivity contribution is 6.08. The molecule has 4 rings (SSSR count).